The maximum Gasteiger partial charge on any atom is 0.437 e. The lowest BCUT2D eigenvalue weighted by Gasteiger charge is -2.35. The molecule has 0 aliphatic carbocycles. The Morgan fingerprint density at radius 2 is 1.91 bits per heavy atom. The summed E-state index contributed by atoms with van der Waals surface area (Å²) in [5.41, 5.74) is -2.35. The number of rotatable bonds is 3. The summed E-state index contributed by atoms with van der Waals surface area (Å²) in [5.74, 6) is -0.493. The smallest absolute Gasteiger partial charge is 0.363 e. The summed E-state index contributed by atoms with van der Waals surface area (Å²) < 4.78 is 40.1. The summed E-state index contributed by atoms with van der Waals surface area (Å²) in [6, 6.07) is 12.3. The Bertz CT molecular complexity index is 689. The molecule has 1 fully saturated rings. The van der Waals surface area contributed by atoms with Gasteiger partial charge < -0.3 is 10.0 Å². The van der Waals surface area contributed by atoms with Gasteiger partial charge in [-0.3, -0.25) is 0 Å². The zero-order valence-electron chi connectivity index (χ0n) is 11.8. The fourth-order valence-electron chi connectivity index (χ4n) is 2.18. The Balaban J connectivity index is 1.97. The number of benzene rings is 1. The fraction of sp³-hybridized carbons (Fsp3) is 0.267. The largest absolute Gasteiger partial charge is 0.437 e. The molecule has 1 atom stereocenters. The molecule has 1 unspecified atom stereocenters. The van der Waals surface area contributed by atoms with Crippen molar-refractivity contribution in [3.05, 3.63) is 52.7 Å². The van der Waals surface area contributed by atoms with E-state index in [-0.39, 0.29) is 11.7 Å². The normalized spacial score (nSPS) is 23.7. The van der Waals surface area contributed by atoms with Crippen molar-refractivity contribution < 1.29 is 18.3 Å². The van der Waals surface area contributed by atoms with E-state index >= 15 is 0 Å². The average molecular weight is 358 g/mol. The van der Waals surface area contributed by atoms with Gasteiger partial charge in [0.15, 0.2) is 5.17 Å². The van der Waals surface area contributed by atoms with Gasteiger partial charge in [-0.15, -0.1) is 11.3 Å². The molecule has 1 saturated heterocycles. The zero-order chi connectivity index (χ0) is 16.5. The van der Waals surface area contributed by atoms with Gasteiger partial charge in [-0.2, -0.15) is 13.2 Å². The summed E-state index contributed by atoms with van der Waals surface area (Å²) in [7, 11) is 0. The number of thiophene rings is 1. The minimum Gasteiger partial charge on any atom is -0.363 e. The zero-order valence-corrected chi connectivity index (χ0v) is 13.5. The first-order valence-electron chi connectivity index (χ1n) is 6.76. The number of aliphatic imine (C=N–C) groups is 1. The molecule has 0 radical (unpaired) electrons. The van der Waals surface area contributed by atoms with Crippen molar-refractivity contribution in [1.29, 1.82) is 0 Å². The molecule has 23 heavy (non-hydrogen) atoms. The lowest BCUT2D eigenvalue weighted by molar-refractivity contribution is -0.290. The van der Waals surface area contributed by atoms with Gasteiger partial charge in [0.25, 0.3) is 0 Å². The predicted octanol–water partition coefficient (Wildman–Crippen LogP) is 4.24. The van der Waals surface area contributed by atoms with Crippen LogP contribution in [-0.4, -0.2) is 32.8 Å². The highest BCUT2D eigenvalue weighted by Crippen LogP contribution is 2.44. The van der Waals surface area contributed by atoms with E-state index in [1.165, 1.54) is 11.3 Å². The van der Waals surface area contributed by atoms with Gasteiger partial charge in [0.1, 0.15) is 0 Å². The number of aliphatic hydroxyl groups is 1. The topological polar surface area (TPSA) is 35.8 Å². The number of thioether (sulfide) groups is 1. The van der Waals surface area contributed by atoms with Crippen molar-refractivity contribution in [1.82, 2.24) is 4.90 Å². The molecular formula is C15H13F3N2OS2. The Labute approximate surface area is 139 Å². The van der Waals surface area contributed by atoms with E-state index in [1.807, 2.05) is 0 Å². The molecule has 0 saturated carbocycles. The van der Waals surface area contributed by atoms with Crippen molar-refractivity contribution >= 4 is 34.0 Å². The fourth-order valence-corrected chi connectivity index (χ4v) is 4.06. The van der Waals surface area contributed by atoms with Crippen LogP contribution in [0.2, 0.25) is 0 Å². The van der Waals surface area contributed by atoms with Crippen LogP contribution in [0.1, 0.15) is 4.88 Å². The van der Waals surface area contributed by atoms with E-state index < -0.39 is 17.7 Å². The van der Waals surface area contributed by atoms with Crippen LogP contribution in [0.15, 0.2) is 52.8 Å². The number of alkyl halides is 3. The first kappa shape index (κ1) is 16.4. The maximum atomic E-state index is 13.4. The predicted molar refractivity (Wildman–Crippen MR) is 86.9 cm³/mol. The third-order valence-corrected chi connectivity index (χ3v) is 5.39. The number of nitrogens with zero attached hydrogens (tertiary/aromatic N) is 2. The second-order valence-corrected chi connectivity index (χ2v) is 6.97. The van der Waals surface area contributed by atoms with Gasteiger partial charge in [0, 0.05) is 4.88 Å². The van der Waals surface area contributed by atoms with Crippen LogP contribution in [0.3, 0.4) is 0 Å². The molecule has 122 valence electrons. The first-order valence-corrected chi connectivity index (χ1v) is 8.62. The Kier molecular flexibility index (Phi) is 4.39. The molecule has 3 nitrogen and oxygen atoms in total. The Morgan fingerprint density at radius 3 is 2.52 bits per heavy atom. The highest BCUT2D eigenvalue weighted by Gasteiger charge is 2.62. The van der Waals surface area contributed by atoms with Crippen LogP contribution in [0, 0.1) is 0 Å². The number of amidine groups is 1. The van der Waals surface area contributed by atoms with E-state index in [9.17, 15) is 18.3 Å². The van der Waals surface area contributed by atoms with E-state index in [2.05, 4.69) is 4.99 Å². The van der Waals surface area contributed by atoms with Crippen molar-refractivity contribution in [3.8, 4) is 0 Å². The Hall–Kier alpha value is -1.51. The van der Waals surface area contributed by atoms with Crippen molar-refractivity contribution in [3.63, 3.8) is 0 Å². The van der Waals surface area contributed by atoms with Gasteiger partial charge in [0.2, 0.25) is 5.72 Å². The molecule has 1 aromatic heterocycles. The Morgan fingerprint density at radius 1 is 1.17 bits per heavy atom. The van der Waals surface area contributed by atoms with Crippen LogP contribution in [0.5, 0.6) is 0 Å². The molecule has 0 spiro atoms. The molecule has 1 aromatic carbocycles. The second-order valence-electron chi connectivity index (χ2n) is 5.00. The van der Waals surface area contributed by atoms with Crippen molar-refractivity contribution in [2.45, 2.75) is 18.4 Å². The van der Waals surface area contributed by atoms with Gasteiger partial charge in [-0.05, 0) is 23.6 Å². The quantitative estimate of drug-likeness (QED) is 0.892. The van der Waals surface area contributed by atoms with Crippen LogP contribution in [0.25, 0.3) is 0 Å². The van der Waals surface area contributed by atoms with Gasteiger partial charge in [0.05, 0.1) is 18.0 Å². The molecule has 2 aromatic rings. The highest BCUT2D eigenvalue weighted by atomic mass is 32.2. The van der Waals surface area contributed by atoms with Crippen molar-refractivity contribution in [2.75, 3.05) is 5.75 Å². The number of para-hydroxylation sites is 1. The van der Waals surface area contributed by atoms with Crippen molar-refractivity contribution in [2.24, 2.45) is 4.99 Å². The van der Waals surface area contributed by atoms with E-state index in [4.69, 9.17) is 0 Å². The SMILES string of the molecule is OC1(C(F)(F)F)CSC(=Nc2ccccc2)N1Cc1cccs1. The second kappa shape index (κ2) is 6.18. The lowest BCUT2D eigenvalue weighted by Crippen LogP contribution is -2.57. The minimum atomic E-state index is -4.76. The van der Waals surface area contributed by atoms with E-state index in [1.54, 1.807) is 47.8 Å². The van der Waals surface area contributed by atoms with Crippen LogP contribution >= 0.6 is 23.1 Å². The lowest BCUT2D eigenvalue weighted by atomic mass is 10.2. The van der Waals surface area contributed by atoms with Gasteiger partial charge >= 0.3 is 6.18 Å². The summed E-state index contributed by atoms with van der Waals surface area (Å²) in [6.07, 6.45) is -4.76. The number of hydrogen-bond acceptors (Lipinski definition) is 4. The van der Waals surface area contributed by atoms with Gasteiger partial charge in [-0.1, -0.05) is 36.0 Å². The standard InChI is InChI=1S/C15H13F3N2OS2/c16-15(17,18)14(21)10-23-13(19-11-5-2-1-3-6-11)20(14)9-12-7-4-8-22-12/h1-8,21H,9-10H2. The van der Waals surface area contributed by atoms with Crippen LogP contribution < -0.4 is 0 Å². The summed E-state index contributed by atoms with van der Waals surface area (Å²) in [6.45, 7) is -0.0354. The molecule has 8 heteroatoms. The molecule has 0 amide bonds. The summed E-state index contributed by atoms with van der Waals surface area (Å²) in [4.78, 5) is 5.95. The molecule has 3 rings (SSSR count). The van der Waals surface area contributed by atoms with Crippen LogP contribution in [-0.2, 0) is 6.54 Å². The molecule has 1 N–H and O–H groups in total. The highest BCUT2D eigenvalue weighted by molar-refractivity contribution is 8.14. The molecule has 0 bridgehead atoms. The molecule has 1 aliphatic heterocycles. The summed E-state index contributed by atoms with van der Waals surface area (Å²) in [5, 5.41) is 12.2. The maximum absolute atomic E-state index is 13.4. The third-order valence-electron chi connectivity index (χ3n) is 3.41. The minimum absolute atomic E-state index is 0.0354. The van der Waals surface area contributed by atoms with E-state index in [0.29, 0.717) is 5.69 Å². The van der Waals surface area contributed by atoms with Crippen LogP contribution in [0.4, 0.5) is 18.9 Å². The molecule has 2 heterocycles. The van der Waals surface area contributed by atoms with Gasteiger partial charge in [-0.25, -0.2) is 4.99 Å². The average Bonchev–Trinajstić information content (AvgIpc) is 3.12. The monoisotopic (exact) mass is 358 g/mol. The number of halogens is 3. The first-order chi connectivity index (χ1) is 10.9. The summed E-state index contributed by atoms with van der Waals surface area (Å²) >= 11 is 2.26. The van der Waals surface area contributed by atoms with E-state index in [0.717, 1.165) is 21.5 Å². The molecular weight excluding hydrogens is 345 g/mol. The molecule has 1 aliphatic rings. The number of hydrogen-bond donors (Lipinski definition) is 1. The third kappa shape index (κ3) is 3.24.